The summed E-state index contributed by atoms with van der Waals surface area (Å²) in [5, 5.41) is 9.42. The zero-order chi connectivity index (χ0) is 17.1. The Kier molecular flexibility index (Phi) is 5.30. The van der Waals surface area contributed by atoms with E-state index in [0.29, 0.717) is 0 Å². The van der Waals surface area contributed by atoms with Gasteiger partial charge in [0.25, 0.3) is 0 Å². The molecule has 4 nitrogen and oxygen atoms in total. The van der Waals surface area contributed by atoms with Crippen LogP contribution in [0.25, 0.3) is 0 Å². The van der Waals surface area contributed by atoms with Crippen molar-refractivity contribution in [3.8, 4) is 5.75 Å². The van der Waals surface area contributed by atoms with E-state index in [4.69, 9.17) is 4.52 Å². The van der Waals surface area contributed by atoms with E-state index in [1.807, 2.05) is 36.4 Å². The SMILES string of the molecule is CCOP(=O)(O)Cc1ccc(C(C)(C)c2ccc(O)cc2)cc1. The minimum atomic E-state index is -3.56. The molecule has 0 saturated carbocycles. The molecule has 23 heavy (non-hydrogen) atoms. The van der Waals surface area contributed by atoms with Gasteiger partial charge in [-0.05, 0) is 35.7 Å². The van der Waals surface area contributed by atoms with Gasteiger partial charge in [-0.2, -0.15) is 0 Å². The molecule has 0 bridgehead atoms. The van der Waals surface area contributed by atoms with E-state index in [1.54, 1.807) is 19.1 Å². The Morgan fingerprint density at radius 2 is 1.48 bits per heavy atom. The van der Waals surface area contributed by atoms with Crippen LogP contribution in [-0.4, -0.2) is 16.6 Å². The van der Waals surface area contributed by atoms with E-state index in [2.05, 4.69) is 13.8 Å². The molecule has 2 rings (SSSR count). The van der Waals surface area contributed by atoms with Crippen LogP contribution in [0.4, 0.5) is 0 Å². The van der Waals surface area contributed by atoms with Crippen LogP contribution in [0.3, 0.4) is 0 Å². The van der Waals surface area contributed by atoms with Crippen LogP contribution in [0.15, 0.2) is 48.5 Å². The Morgan fingerprint density at radius 1 is 1.00 bits per heavy atom. The second-order valence-electron chi connectivity index (χ2n) is 6.08. The van der Waals surface area contributed by atoms with Crippen molar-refractivity contribution in [3.63, 3.8) is 0 Å². The molecule has 124 valence electrons. The van der Waals surface area contributed by atoms with E-state index in [1.165, 1.54) is 0 Å². The Balaban J connectivity index is 2.21. The van der Waals surface area contributed by atoms with Crippen LogP contribution in [0.1, 0.15) is 37.5 Å². The number of hydrogen-bond acceptors (Lipinski definition) is 3. The zero-order valence-corrected chi connectivity index (χ0v) is 14.6. The highest BCUT2D eigenvalue weighted by Gasteiger charge is 2.24. The number of rotatable bonds is 6. The van der Waals surface area contributed by atoms with Gasteiger partial charge >= 0.3 is 7.60 Å². The number of phenolic OH excluding ortho intramolecular Hbond substituents is 1. The van der Waals surface area contributed by atoms with Crippen LogP contribution >= 0.6 is 7.60 Å². The average Bonchev–Trinajstić information content (AvgIpc) is 2.47. The first-order valence-electron chi connectivity index (χ1n) is 7.60. The summed E-state index contributed by atoms with van der Waals surface area (Å²) in [4.78, 5) is 9.71. The predicted octanol–water partition coefficient (Wildman–Crippen LogP) is 4.44. The van der Waals surface area contributed by atoms with Gasteiger partial charge in [0.15, 0.2) is 0 Å². The molecule has 5 heteroatoms. The number of hydrogen-bond donors (Lipinski definition) is 2. The fourth-order valence-corrected chi connectivity index (χ4v) is 3.72. The van der Waals surface area contributed by atoms with Gasteiger partial charge in [-0.15, -0.1) is 0 Å². The van der Waals surface area contributed by atoms with E-state index >= 15 is 0 Å². The molecular formula is C18H23O4P. The third kappa shape index (κ3) is 4.44. The molecule has 0 saturated heterocycles. The van der Waals surface area contributed by atoms with Crippen molar-refractivity contribution in [2.75, 3.05) is 6.61 Å². The molecule has 1 unspecified atom stereocenters. The number of phenols is 1. The summed E-state index contributed by atoms with van der Waals surface area (Å²) in [5.41, 5.74) is 2.73. The van der Waals surface area contributed by atoms with Gasteiger partial charge in [-0.25, -0.2) is 0 Å². The van der Waals surface area contributed by atoms with Crippen molar-refractivity contribution in [2.24, 2.45) is 0 Å². The molecule has 2 aromatic carbocycles. The molecule has 0 amide bonds. The average molecular weight is 334 g/mol. The molecule has 0 radical (unpaired) electrons. The minimum Gasteiger partial charge on any atom is -0.508 e. The minimum absolute atomic E-state index is 0.0146. The van der Waals surface area contributed by atoms with Crippen LogP contribution in [-0.2, 0) is 20.7 Å². The standard InChI is InChI=1S/C18H23O4P/c1-4-22-23(20,21)13-14-5-7-15(8-6-14)18(2,3)16-9-11-17(19)12-10-16/h5-12,19H,4,13H2,1-3H3,(H,20,21). The van der Waals surface area contributed by atoms with Crippen LogP contribution in [0.5, 0.6) is 5.75 Å². The molecule has 2 aromatic rings. The highest BCUT2D eigenvalue weighted by Crippen LogP contribution is 2.45. The Labute approximate surface area is 137 Å². The highest BCUT2D eigenvalue weighted by molar-refractivity contribution is 7.51. The Bertz CT molecular complexity index is 690. The first kappa shape index (κ1) is 17.7. The molecule has 0 aliphatic heterocycles. The van der Waals surface area contributed by atoms with Crippen molar-refractivity contribution >= 4 is 7.60 Å². The Hall–Kier alpha value is -1.61. The smallest absolute Gasteiger partial charge is 0.332 e. The molecule has 0 aliphatic rings. The van der Waals surface area contributed by atoms with Gasteiger partial charge in [0.2, 0.25) is 0 Å². The van der Waals surface area contributed by atoms with Gasteiger partial charge in [-0.1, -0.05) is 50.2 Å². The second-order valence-corrected chi connectivity index (χ2v) is 7.93. The lowest BCUT2D eigenvalue weighted by Gasteiger charge is -2.26. The predicted molar refractivity (Wildman–Crippen MR) is 91.8 cm³/mol. The van der Waals surface area contributed by atoms with Gasteiger partial charge in [-0.3, -0.25) is 4.57 Å². The Morgan fingerprint density at radius 3 is 1.96 bits per heavy atom. The monoisotopic (exact) mass is 334 g/mol. The van der Waals surface area contributed by atoms with Gasteiger partial charge in [0.1, 0.15) is 5.75 Å². The van der Waals surface area contributed by atoms with E-state index in [9.17, 15) is 14.6 Å². The normalized spacial score (nSPS) is 14.4. The quantitative estimate of drug-likeness (QED) is 0.767. The molecule has 0 aliphatic carbocycles. The molecule has 1 atom stereocenters. The van der Waals surface area contributed by atoms with Crippen LogP contribution in [0.2, 0.25) is 0 Å². The van der Waals surface area contributed by atoms with Crippen molar-refractivity contribution in [2.45, 2.75) is 32.3 Å². The summed E-state index contributed by atoms with van der Waals surface area (Å²) >= 11 is 0. The van der Waals surface area contributed by atoms with Crippen molar-refractivity contribution in [1.82, 2.24) is 0 Å². The summed E-state index contributed by atoms with van der Waals surface area (Å²) in [6.07, 6.45) is 0.0146. The second kappa shape index (κ2) is 6.88. The molecule has 0 fully saturated rings. The lowest BCUT2D eigenvalue weighted by atomic mass is 9.78. The van der Waals surface area contributed by atoms with Gasteiger partial charge in [0, 0.05) is 5.41 Å². The summed E-state index contributed by atoms with van der Waals surface area (Å²) < 4.78 is 16.7. The van der Waals surface area contributed by atoms with Crippen molar-refractivity contribution < 1.29 is 19.1 Å². The number of aromatic hydroxyl groups is 1. The van der Waals surface area contributed by atoms with E-state index in [0.717, 1.165) is 16.7 Å². The van der Waals surface area contributed by atoms with E-state index < -0.39 is 7.60 Å². The molecule has 2 N–H and O–H groups in total. The molecular weight excluding hydrogens is 311 g/mol. The highest BCUT2D eigenvalue weighted by atomic mass is 31.2. The first-order valence-corrected chi connectivity index (χ1v) is 9.36. The molecule has 0 spiro atoms. The molecule has 0 aromatic heterocycles. The van der Waals surface area contributed by atoms with Gasteiger partial charge in [0.05, 0.1) is 12.8 Å². The third-order valence-electron chi connectivity index (χ3n) is 3.98. The van der Waals surface area contributed by atoms with Crippen LogP contribution in [0, 0.1) is 0 Å². The van der Waals surface area contributed by atoms with Crippen LogP contribution < -0.4 is 0 Å². The maximum absolute atomic E-state index is 11.8. The maximum Gasteiger partial charge on any atom is 0.332 e. The molecule has 0 heterocycles. The topological polar surface area (TPSA) is 66.8 Å². The maximum atomic E-state index is 11.8. The van der Waals surface area contributed by atoms with Gasteiger partial charge < -0.3 is 14.5 Å². The summed E-state index contributed by atoms with van der Waals surface area (Å²) in [5.74, 6) is 0.245. The van der Waals surface area contributed by atoms with Crippen molar-refractivity contribution in [1.29, 1.82) is 0 Å². The zero-order valence-electron chi connectivity index (χ0n) is 13.7. The summed E-state index contributed by atoms with van der Waals surface area (Å²) in [6.45, 7) is 6.13. The largest absolute Gasteiger partial charge is 0.508 e. The number of benzene rings is 2. The third-order valence-corrected chi connectivity index (χ3v) is 5.40. The van der Waals surface area contributed by atoms with E-state index in [-0.39, 0.29) is 23.9 Å². The summed E-state index contributed by atoms with van der Waals surface area (Å²) in [6, 6.07) is 14.8. The summed E-state index contributed by atoms with van der Waals surface area (Å²) in [7, 11) is -3.56. The lowest BCUT2D eigenvalue weighted by Crippen LogP contribution is -2.18. The van der Waals surface area contributed by atoms with Crippen molar-refractivity contribution in [3.05, 3.63) is 65.2 Å². The fraction of sp³-hybridized carbons (Fsp3) is 0.333. The lowest BCUT2D eigenvalue weighted by molar-refractivity contribution is 0.272. The fourth-order valence-electron chi connectivity index (χ4n) is 2.55. The first-order chi connectivity index (χ1) is 10.7.